The number of allylic oxidation sites excluding steroid dienone is 4. The maximum atomic E-state index is 12.2. The number of esters is 2. The molecule has 0 rings (SSSR count). The number of rotatable bonds is 40. The van der Waals surface area contributed by atoms with Crippen LogP contribution in [-0.4, -0.2) is 36.4 Å². The largest absolute Gasteiger partial charge is 0.462 e. The molecule has 0 aromatic carbocycles. The molecule has 0 saturated heterocycles. The summed E-state index contributed by atoms with van der Waals surface area (Å²) in [4.78, 5) is 24.3. The van der Waals surface area contributed by atoms with Crippen molar-refractivity contribution in [3.8, 4) is 0 Å². The second-order valence-corrected chi connectivity index (χ2v) is 14.8. The van der Waals surface area contributed by atoms with E-state index in [1.54, 1.807) is 0 Å². The lowest BCUT2D eigenvalue weighted by molar-refractivity contribution is -0.161. The number of ether oxygens (including phenoxy) is 2. The van der Waals surface area contributed by atoms with Gasteiger partial charge in [-0.3, -0.25) is 9.59 Å². The molecular weight excluding hydrogens is 620 g/mol. The lowest BCUT2D eigenvalue weighted by atomic mass is 10.0. The predicted molar refractivity (Wildman–Crippen MR) is 215 cm³/mol. The van der Waals surface area contributed by atoms with Gasteiger partial charge < -0.3 is 14.6 Å². The molecule has 50 heavy (non-hydrogen) atoms. The van der Waals surface area contributed by atoms with E-state index in [1.807, 2.05) is 0 Å². The molecule has 1 atom stereocenters. The van der Waals surface area contributed by atoms with E-state index in [-0.39, 0.29) is 25.2 Å². The van der Waals surface area contributed by atoms with Crippen LogP contribution in [0.3, 0.4) is 0 Å². The Hall–Kier alpha value is -1.62. The van der Waals surface area contributed by atoms with E-state index in [2.05, 4.69) is 38.2 Å². The molecule has 1 N–H and O–H groups in total. The van der Waals surface area contributed by atoms with E-state index in [9.17, 15) is 14.7 Å². The van der Waals surface area contributed by atoms with Crippen LogP contribution in [-0.2, 0) is 19.1 Å². The van der Waals surface area contributed by atoms with Gasteiger partial charge in [0.1, 0.15) is 6.61 Å². The molecule has 0 amide bonds. The van der Waals surface area contributed by atoms with Gasteiger partial charge in [0, 0.05) is 12.8 Å². The highest BCUT2D eigenvalue weighted by Crippen LogP contribution is 2.16. The number of hydrogen-bond acceptors (Lipinski definition) is 5. The van der Waals surface area contributed by atoms with Crippen molar-refractivity contribution in [1.82, 2.24) is 0 Å². The zero-order valence-electron chi connectivity index (χ0n) is 33.4. The lowest BCUT2D eigenvalue weighted by Gasteiger charge is -2.15. The molecule has 1 unspecified atom stereocenters. The third kappa shape index (κ3) is 39.2. The highest BCUT2D eigenvalue weighted by atomic mass is 16.6. The molecule has 0 aromatic heterocycles. The van der Waals surface area contributed by atoms with Gasteiger partial charge in [0.25, 0.3) is 0 Å². The van der Waals surface area contributed by atoms with Gasteiger partial charge in [-0.05, 0) is 38.5 Å². The highest BCUT2D eigenvalue weighted by molar-refractivity contribution is 5.70. The smallest absolute Gasteiger partial charge is 0.306 e. The van der Waals surface area contributed by atoms with Crippen molar-refractivity contribution in [2.45, 2.75) is 238 Å². The van der Waals surface area contributed by atoms with E-state index >= 15 is 0 Å². The van der Waals surface area contributed by atoms with Crippen molar-refractivity contribution in [1.29, 1.82) is 0 Å². The summed E-state index contributed by atoms with van der Waals surface area (Å²) in [6.07, 6.45) is 49.7. The van der Waals surface area contributed by atoms with Gasteiger partial charge >= 0.3 is 11.9 Å². The second kappa shape index (κ2) is 41.8. The Morgan fingerprint density at radius 2 is 0.820 bits per heavy atom. The Balaban J connectivity index is 3.48. The lowest BCUT2D eigenvalue weighted by Crippen LogP contribution is -2.28. The molecule has 5 nitrogen and oxygen atoms in total. The van der Waals surface area contributed by atoms with Gasteiger partial charge in [-0.15, -0.1) is 0 Å². The number of hydrogen-bond donors (Lipinski definition) is 1. The summed E-state index contributed by atoms with van der Waals surface area (Å²) < 4.78 is 10.6. The van der Waals surface area contributed by atoms with E-state index in [1.165, 1.54) is 154 Å². The van der Waals surface area contributed by atoms with Crippen LogP contribution < -0.4 is 0 Å². The Labute approximate surface area is 311 Å². The predicted octanol–water partition coefficient (Wildman–Crippen LogP) is 13.8. The van der Waals surface area contributed by atoms with Crippen molar-refractivity contribution in [3.05, 3.63) is 24.3 Å². The van der Waals surface area contributed by atoms with Gasteiger partial charge in [-0.25, -0.2) is 0 Å². The normalized spacial score (nSPS) is 12.3. The van der Waals surface area contributed by atoms with Crippen LogP contribution in [0.25, 0.3) is 0 Å². The summed E-state index contributed by atoms with van der Waals surface area (Å²) in [5.41, 5.74) is 0. The molecule has 0 bridgehead atoms. The van der Waals surface area contributed by atoms with Crippen molar-refractivity contribution in [3.63, 3.8) is 0 Å². The van der Waals surface area contributed by atoms with Gasteiger partial charge in [0.2, 0.25) is 0 Å². The molecule has 0 saturated carbocycles. The average Bonchev–Trinajstić information content (AvgIpc) is 3.12. The number of unbranched alkanes of at least 4 members (excludes halogenated alkanes) is 28. The van der Waals surface area contributed by atoms with Crippen molar-refractivity contribution in [2.24, 2.45) is 0 Å². The van der Waals surface area contributed by atoms with Gasteiger partial charge in [-0.2, -0.15) is 0 Å². The highest BCUT2D eigenvalue weighted by Gasteiger charge is 2.16. The van der Waals surface area contributed by atoms with Gasteiger partial charge in [0.15, 0.2) is 6.10 Å². The zero-order chi connectivity index (χ0) is 36.4. The number of carbonyl (C=O) groups excluding carboxylic acids is 2. The number of aliphatic hydroxyl groups excluding tert-OH is 1. The molecule has 294 valence electrons. The summed E-state index contributed by atoms with van der Waals surface area (Å²) in [5.74, 6) is -0.597. The average molecular weight is 705 g/mol. The molecule has 0 aliphatic rings. The van der Waals surface area contributed by atoms with Crippen LogP contribution in [0, 0.1) is 0 Å². The minimum atomic E-state index is -0.774. The monoisotopic (exact) mass is 705 g/mol. The minimum absolute atomic E-state index is 0.0670. The molecule has 0 aliphatic heterocycles. The first-order chi connectivity index (χ1) is 24.6. The summed E-state index contributed by atoms with van der Waals surface area (Å²) >= 11 is 0. The third-order valence-electron chi connectivity index (χ3n) is 9.75. The van der Waals surface area contributed by atoms with Crippen molar-refractivity contribution < 1.29 is 24.2 Å². The van der Waals surface area contributed by atoms with E-state index in [0.29, 0.717) is 12.8 Å². The summed E-state index contributed by atoms with van der Waals surface area (Å²) in [6.45, 7) is 4.11. The van der Waals surface area contributed by atoms with Crippen LogP contribution in [0.4, 0.5) is 0 Å². The fourth-order valence-electron chi connectivity index (χ4n) is 6.40. The quantitative estimate of drug-likeness (QED) is 0.0390. The number of aliphatic hydroxyl groups is 1. The molecule has 0 aromatic rings. The molecule has 5 heteroatoms. The summed E-state index contributed by atoms with van der Waals surface area (Å²) in [5, 5.41) is 9.57. The van der Waals surface area contributed by atoms with Crippen LogP contribution >= 0.6 is 0 Å². The Morgan fingerprint density at radius 3 is 1.24 bits per heavy atom. The fraction of sp³-hybridized carbons (Fsp3) is 0.867. The van der Waals surface area contributed by atoms with Crippen LogP contribution in [0.5, 0.6) is 0 Å². The van der Waals surface area contributed by atoms with Crippen molar-refractivity contribution in [2.75, 3.05) is 13.2 Å². The standard InChI is InChI=1S/C45H84O5/c1-3-5-7-9-11-13-15-17-19-20-21-22-23-24-25-26-28-29-31-33-35-37-39-44(47)49-42-43(41-46)50-45(48)40-38-36-34-32-30-27-18-16-14-12-10-8-6-4-2/h10,12,16,18,43,46H,3-9,11,13-15,17,19-42H2,1-2H3/b12-10-,18-16-. The van der Waals surface area contributed by atoms with Gasteiger partial charge in [0.05, 0.1) is 6.61 Å². The summed E-state index contributed by atoms with van der Waals surface area (Å²) in [7, 11) is 0. The Kier molecular flexibility index (Phi) is 40.4. The first kappa shape index (κ1) is 48.4. The molecule has 0 heterocycles. The van der Waals surface area contributed by atoms with Crippen LogP contribution in [0.1, 0.15) is 232 Å². The maximum absolute atomic E-state index is 12.2. The number of carbonyl (C=O) groups is 2. The molecule has 0 aliphatic carbocycles. The zero-order valence-corrected chi connectivity index (χ0v) is 33.4. The van der Waals surface area contributed by atoms with Crippen LogP contribution in [0.15, 0.2) is 24.3 Å². The third-order valence-corrected chi connectivity index (χ3v) is 9.75. The topological polar surface area (TPSA) is 72.8 Å². The van der Waals surface area contributed by atoms with E-state index in [4.69, 9.17) is 9.47 Å². The van der Waals surface area contributed by atoms with Crippen molar-refractivity contribution >= 4 is 11.9 Å². The molecule has 0 spiro atoms. The molecular formula is C45H84O5. The van der Waals surface area contributed by atoms with E-state index in [0.717, 1.165) is 51.4 Å². The summed E-state index contributed by atoms with van der Waals surface area (Å²) in [6, 6.07) is 0. The molecule has 0 fully saturated rings. The Bertz CT molecular complexity index is 761. The fourth-order valence-corrected chi connectivity index (χ4v) is 6.40. The maximum Gasteiger partial charge on any atom is 0.306 e. The van der Waals surface area contributed by atoms with Crippen LogP contribution in [0.2, 0.25) is 0 Å². The Morgan fingerprint density at radius 1 is 0.460 bits per heavy atom. The first-order valence-electron chi connectivity index (χ1n) is 21.9. The van der Waals surface area contributed by atoms with Gasteiger partial charge in [-0.1, -0.05) is 205 Å². The molecule has 0 radical (unpaired) electrons. The first-order valence-corrected chi connectivity index (χ1v) is 21.9. The second-order valence-electron chi connectivity index (χ2n) is 14.8. The van der Waals surface area contributed by atoms with E-state index < -0.39 is 6.10 Å². The minimum Gasteiger partial charge on any atom is -0.462 e. The SMILES string of the molecule is CCCC/C=C\C/C=C\CCCCCCCC(=O)OC(CO)COC(=O)CCCCCCCCCCCCCCCCCCCCCCCC.